The number of carbonyl (C=O) groups excluding carboxylic acids is 1. The molecule has 1 saturated carbocycles. The summed E-state index contributed by atoms with van der Waals surface area (Å²) in [5, 5.41) is 21.8. The van der Waals surface area contributed by atoms with Gasteiger partial charge in [0.1, 0.15) is 5.82 Å². The molecule has 0 radical (unpaired) electrons. The number of nitrogens with zero attached hydrogens (tertiary/aromatic N) is 3. The van der Waals surface area contributed by atoms with Crippen LogP contribution in [0.4, 0.5) is 0 Å². The molecule has 0 saturated heterocycles. The molecule has 4 atom stereocenters. The molecule has 1 aliphatic carbocycles. The van der Waals surface area contributed by atoms with E-state index in [2.05, 4.69) is 25.7 Å². The fraction of sp³-hybridized carbons (Fsp3) is 0.435. The minimum absolute atomic E-state index is 0.109. The Morgan fingerprint density at radius 2 is 2.12 bits per heavy atom. The molecule has 0 aliphatic heterocycles. The first kappa shape index (κ1) is 22.2. The number of amides is 1. The van der Waals surface area contributed by atoms with Gasteiger partial charge < -0.3 is 25.5 Å². The number of aromatic nitrogens is 4. The molecular weight excluding hydrogens is 408 g/mol. The van der Waals surface area contributed by atoms with E-state index in [-0.39, 0.29) is 17.9 Å². The highest BCUT2D eigenvalue weighted by molar-refractivity contribution is 5.80. The molecule has 4 rings (SSSR count). The SMILES string of the molecule is COCCNC(=O)[C@H]1C[C@@H](NCc2ccnn2C)[C@H](c2cnc(-c3ccccc3)[nH]2)[C@@H]1O. The summed E-state index contributed by atoms with van der Waals surface area (Å²) in [6, 6.07) is 11.7. The zero-order chi connectivity index (χ0) is 22.5. The van der Waals surface area contributed by atoms with E-state index in [1.807, 2.05) is 48.1 Å². The van der Waals surface area contributed by atoms with Crippen LogP contribution >= 0.6 is 0 Å². The summed E-state index contributed by atoms with van der Waals surface area (Å²) >= 11 is 0. The van der Waals surface area contributed by atoms with E-state index < -0.39 is 12.0 Å². The van der Waals surface area contributed by atoms with Crippen LogP contribution in [0.15, 0.2) is 48.8 Å². The molecule has 32 heavy (non-hydrogen) atoms. The van der Waals surface area contributed by atoms with Crippen LogP contribution in [-0.4, -0.2) is 63.2 Å². The molecule has 0 bridgehead atoms. The van der Waals surface area contributed by atoms with Crippen LogP contribution in [0.25, 0.3) is 11.4 Å². The Morgan fingerprint density at radius 3 is 2.84 bits per heavy atom. The summed E-state index contributed by atoms with van der Waals surface area (Å²) < 4.78 is 6.83. The first-order valence-corrected chi connectivity index (χ1v) is 10.8. The maximum atomic E-state index is 12.8. The Kier molecular flexibility index (Phi) is 6.99. The van der Waals surface area contributed by atoms with Crippen molar-refractivity contribution < 1.29 is 14.6 Å². The lowest BCUT2D eigenvalue weighted by atomic mass is 9.96. The van der Waals surface area contributed by atoms with Crippen LogP contribution < -0.4 is 10.6 Å². The third-order valence-electron chi connectivity index (χ3n) is 6.13. The maximum absolute atomic E-state index is 12.8. The summed E-state index contributed by atoms with van der Waals surface area (Å²) in [5.41, 5.74) is 2.81. The van der Waals surface area contributed by atoms with Crippen molar-refractivity contribution >= 4 is 5.91 Å². The van der Waals surface area contributed by atoms with Crippen molar-refractivity contribution in [3.05, 3.63) is 60.2 Å². The number of H-pyrrole nitrogens is 1. The molecule has 3 aromatic rings. The Balaban J connectivity index is 1.55. The van der Waals surface area contributed by atoms with Crippen molar-refractivity contribution in [3.8, 4) is 11.4 Å². The molecule has 1 aromatic carbocycles. The zero-order valence-corrected chi connectivity index (χ0v) is 18.4. The van der Waals surface area contributed by atoms with Crippen LogP contribution in [0.2, 0.25) is 0 Å². The van der Waals surface area contributed by atoms with E-state index in [4.69, 9.17) is 4.74 Å². The van der Waals surface area contributed by atoms with Crippen molar-refractivity contribution in [2.24, 2.45) is 13.0 Å². The van der Waals surface area contributed by atoms with Crippen LogP contribution in [0.1, 0.15) is 23.7 Å². The smallest absolute Gasteiger partial charge is 0.225 e. The number of aliphatic hydroxyl groups excluding tert-OH is 1. The van der Waals surface area contributed by atoms with Crippen molar-refractivity contribution in [2.45, 2.75) is 31.0 Å². The molecule has 0 unspecified atom stereocenters. The van der Waals surface area contributed by atoms with Gasteiger partial charge in [-0.1, -0.05) is 30.3 Å². The zero-order valence-electron chi connectivity index (χ0n) is 18.4. The van der Waals surface area contributed by atoms with Crippen molar-refractivity contribution in [1.82, 2.24) is 30.4 Å². The highest BCUT2D eigenvalue weighted by Gasteiger charge is 2.47. The van der Waals surface area contributed by atoms with E-state index in [0.29, 0.717) is 26.1 Å². The molecule has 1 aliphatic rings. The maximum Gasteiger partial charge on any atom is 0.225 e. The predicted octanol–water partition coefficient (Wildman–Crippen LogP) is 1.20. The monoisotopic (exact) mass is 438 g/mol. The largest absolute Gasteiger partial charge is 0.392 e. The van der Waals surface area contributed by atoms with E-state index in [1.54, 1.807) is 19.5 Å². The quantitative estimate of drug-likeness (QED) is 0.373. The van der Waals surface area contributed by atoms with Gasteiger partial charge in [-0.3, -0.25) is 9.48 Å². The summed E-state index contributed by atoms with van der Waals surface area (Å²) in [6.07, 6.45) is 3.19. The van der Waals surface area contributed by atoms with E-state index in [9.17, 15) is 9.90 Å². The molecule has 9 heteroatoms. The van der Waals surface area contributed by atoms with Gasteiger partial charge in [0.2, 0.25) is 5.91 Å². The number of aliphatic hydroxyl groups is 1. The van der Waals surface area contributed by atoms with Gasteiger partial charge in [-0.25, -0.2) is 4.98 Å². The molecule has 0 spiro atoms. The fourth-order valence-corrected chi connectivity index (χ4v) is 4.39. The van der Waals surface area contributed by atoms with Crippen LogP contribution in [0, 0.1) is 5.92 Å². The number of hydrogen-bond donors (Lipinski definition) is 4. The second kappa shape index (κ2) is 10.1. The number of carbonyl (C=O) groups is 1. The van der Waals surface area contributed by atoms with Crippen LogP contribution in [0.3, 0.4) is 0 Å². The number of rotatable bonds is 9. The highest BCUT2D eigenvalue weighted by atomic mass is 16.5. The molecule has 2 aromatic heterocycles. The van der Waals surface area contributed by atoms with Crippen LogP contribution in [-0.2, 0) is 23.1 Å². The summed E-state index contributed by atoms with van der Waals surface area (Å²) in [7, 11) is 3.48. The lowest BCUT2D eigenvalue weighted by molar-refractivity contribution is -0.127. The standard InChI is InChI=1S/C23H30N6O3/c1-29-16(8-9-27-29)13-25-18-12-17(23(31)24-10-11-32-2)21(30)20(18)19-14-26-22(28-19)15-6-4-3-5-7-15/h3-9,14,17-18,20-21,25,30H,10-13H2,1-2H3,(H,24,31)(H,26,28)/t17-,18+,20+,21+/m0/s1. The second-order valence-corrected chi connectivity index (χ2v) is 8.13. The number of methoxy groups -OCH3 is 1. The summed E-state index contributed by atoms with van der Waals surface area (Å²) in [4.78, 5) is 20.7. The van der Waals surface area contributed by atoms with E-state index in [1.165, 1.54) is 0 Å². The molecule has 2 heterocycles. The number of hydrogen-bond acceptors (Lipinski definition) is 6. The molecule has 170 valence electrons. The van der Waals surface area contributed by atoms with Crippen molar-refractivity contribution in [1.29, 1.82) is 0 Å². The number of nitrogens with one attached hydrogen (secondary N) is 3. The van der Waals surface area contributed by atoms with Gasteiger partial charge >= 0.3 is 0 Å². The van der Waals surface area contributed by atoms with Crippen LogP contribution in [0.5, 0.6) is 0 Å². The van der Waals surface area contributed by atoms with Gasteiger partial charge in [-0.15, -0.1) is 0 Å². The lowest BCUT2D eigenvalue weighted by Crippen LogP contribution is -2.37. The normalized spacial score (nSPS) is 22.8. The summed E-state index contributed by atoms with van der Waals surface area (Å²) in [5.74, 6) is -0.242. The highest BCUT2D eigenvalue weighted by Crippen LogP contribution is 2.39. The molecule has 9 nitrogen and oxygen atoms in total. The average Bonchev–Trinajstić information content (AvgIpc) is 3.52. The van der Waals surface area contributed by atoms with Gasteiger partial charge in [-0.05, 0) is 12.5 Å². The average molecular weight is 439 g/mol. The number of benzene rings is 1. The first-order chi connectivity index (χ1) is 15.6. The van der Waals surface area contributed by atoms with Gasteiger partial charge in [0.15, 0.2) is 0 Å². The first-order valence-electron chi connectivity index (χ1n) is 10.8. The number of aryl methyl sites for hydroxylation is 1. The Bertz CT molecular complexity index is 1020. The molecule has 1 fully saturated rings. The van der Waals surface area contributed by atoms with Gasteiger partial charge in [0.25, 0.3) is 0 Å². The number of ether oxygens (including phenoxy) is 1. The summed E-state index contributed by atoms with van der Waals surface area (Å²) in [6.45, 7) is 1.43. The third-order valence-corrected chi connectivity index (χ3v) is 6.13. The lowest BCUT2D eigenvalue weighted by Gasteiger charge is -2.22. The Labute approximate surface area is 187 Å². The number of imidazole rings is 1. The van der Waals surface area contributed by atoms with Crippen molar-refractivity contribution in [3.63, 3.8) is 0 Å². The predicted molar refractivity (Wildman–Crippen MR) is 120 cm³/mol. The topological polar surface area (TPSA) is 117 Å². The molecule has 1 amide bonds. The second-order valence-electron chi connectivity index (χ2n) is 8.13. The third kappa shape index (κ3) is 4.74. The van der Waals surface area contributed by atoms with E-state index in [0.717, 1.165) is 22.8 Å². The van der Waals surface area contributed by atoms with Crippen molar-refractivity contribution in [2.75, 3.05) is 20.3 Å². The Morgan fingerprint density at radius 1 is 1.31 bits per heavy atom. The molecule has 4 N–H and O–H groups in total. The molecular formula is C23H30N6O3. The van der Waals surface area contributed by atoms with E-state index >= 15 is 0 Å². The number of aromatic amines is 1. The van der Waals surface area contributed by atoms with Gasteiger partial charge in [0, 0.05) is 62.9 Å². The minimum Gasteiger partial charge on any atom is -0.392 e. The van der Waals surface area contributed by atoms with Gasteiger partial charge in [-0.2, -0.15) is 5.10 Å². The minimum atomic E-state index is -0.842. The Hall–Kier alpha value is -3.01. The fourth-order valence-electron chi connectivity index (χ4n) is 4.39. The van der Waals surface area contributed by atoms with Gasteiger partial charge in [0.05, 0.1) is 24.3 Å².